The molecule has 2 aromatic rings. The second kappa shape index (κ2) is 7.06. The van der Waals surface area contributed by atoms with Gasteiger partial charge in [-0.3, -0.25) is 14.6 Å². The summed E-state index contributed by atoms with van der Waals surface area (Å²) >= 11 is 11.6. The van der Waals surface area contributed by atoms with Crippen molar-refractivity contribution in [3.8, 4) is 0 Å². The molecule has 0 atom stereocenters. The number of nitrogens with one attached hydrogen (secondary N) is 2. The van der Waals surface area contributed by atoms with Crippen LogP contribution < -0.4 is 10.6 Å². The lowest BCUT2D eigenvalue weighted by Crippen LogP contribution is -2.32. The number of rotatable bonds is 4. The van der Waals surface area contributed by atoms with Gasteiger partial charge in [-0.15, -0.1) is 0 Å². The molecule has 0 unspecified atom stereocenters. The monoisotopic (exact) mass is 323 g/mol. The maximum atomic E-state index is 11.7. The standard InChI is InChI=1S/C14H11Cl2N3O2/c15-11-4-3-10(6-12(11)16)19-13(20)8-18-14(21)9-2-1-5-17-7-9/h1-7H,8H2,(H,18,21)(H,19,20). The van der Waals surface area contributed by atoms with Crippen molar-refractivity contribution in [3.63, 3.8) is 0 Å². The van der Waals surface area contributed by atoms with Gasteiger partial charge in [0.05, 0.1) is 22.2 Å². The van der Waals surface area contributed by atoms with Gasteiger partial charge in [0.25, 0.3) is 5.91 Å². The summed E-state index contributed by atoms with van der Waals surface area (Å²) in [5.74, 6) is -0.738. The molecule has 0 spiro atoms. The van der Waals surface area contributed by atoms with Crippen molar-refractivity contribution in [2.75, 3.05) is 11.9 Å². The van der Waals surface area contributed by atoms with E-state index < -0.39 is 0 Å². The molecule has 0 fully saturated rings. The summed E-state index contributed by atoms with van der Waals surface area (Å²) in [5, 5.41) is 5.84. The molecule has 0 bridgehead atoms. The number of carbonyl (C=O) groups is 2. The fourth-order valence-electron chi connectivity index (χ4n) is 1.54. The summed E-state index contributed by atoms with van der Waals surface area (Å²) in [6.45, 7) is -0.159. The summed E-state index contributed by atoms with van der Waals surface area (Å²) in [6.07, 6.45) is 2.99. The van der Waals surface area contributed by atoms with Crippen LogP contribution in [-0.2, 0) is 4.79 Å². The Labute approximate surface area is 131 Å². The van der Waals surface area contributed by atoms with E-state index in [1.165, 1.54) is 12.3 Å². The molecule has 7 heteroatoms. The van der Waals surface area contributed by atoms with E-state index in [2.05, 4.69) is 15.6 Å². The third-order valence-corrected chi connectivity index (χ3v) is 3.28. The maximum absolute atomic E-state index is 11.7. The van der Waals surface area contributed by atoms with Gasteiger partial charge in [-0.05, 0) is 30.3 Å². The Kier molecular flexibility index (Phi) is 5.14. The van der Waals surface area contributed by atoms with Crippen molar-refractivity contribution < 1.29 is 9.59 Å². The zero-order valence-corrected chi connectivity index (χ0v) is 12.3. The summed E-state index contributed by atoms with van der Waals surface area (Å²) in [7, 11) is 0. The van der Waals surface area contributed by atoms with E-state index in [-0.39, 0.29) is 18.4 Å². The van der Waals surface area contributed by atoms with E-state index in [1.807, 2.05) is 0 Å². The number of hydrogen-bond acceptors (Lipinski definition) is 3. The first-order chi connectivity index (χ1) is 10.1. The van der Waals surface area contributed by atoms with E-state index in [9.17, 15) is 9.59 Å². The van der Waals surface area contributed by atoms with Crippen LogP contribution in [0.5, 0.6) is 0 Å². The van der Waals surface area contributed by atoms with Gasteiger partial charge in [0.1, 0.15) is 0 Å². The van der Waals surface area contributed by atoms with Gasteiger partial charge in [0, 0.05) is 18.1 Å². The van der Waals surface area contributed by atoms with Gasteiger partial charge in [0.2, 0.25) is 5.91 Å². The van der Waals surface area contributed by atoms with E-state index >= 15 is 0 Å². The normalized spacial score (nSPS) is 10.0. The van der Waals surface area contributed by atoms with Crippen LogP contribution in [0.3, 0.4) is 0 Å². The largest absolute Gasteiger partial charge is 0.343 e. The Balaban J connectivity index is 1.87. The molecular weight excluding hydrogens is 313 g/mol. The first kappa shape index (κ1) is 15.3. The number of aromatic nitrogens is 1. The molecule has 108 valence electrons. The van der Waals surface area contributed by atoms with Gasteiger partial charge in [-0.25, -0.2) is 0 Å². The van der Waals surface area contributed by atoms with Gasteiger partial charge < -0.3 is 10.6 Å². The highest BCUT2D eigenvalue weighted by Crippen LogP contribution is 2.24. The molecule has 0 saturated heterocycles. The summed E-state index contributed by atoms with van der Waals surface area (Å²) in [5.41, 5.74) is 0.893. The number of nitrogens with zero attached hydrogens (tertiary/aromatic N) is 1. The van der Waals surface area contributed by atoms with Crippen molar-refractivity contribution in [3.05, 3.63) is 58.3 Å². The minimum absolute atomic E-state index is 0.159. The number of pyridine rings is 1. The molecule has 5 nitrogen and oxygen atoms in total. The number of halogens is 2. The second-order valence-electron chi connectivity index (χ2n) is 4.10. The minimum atomic E-state index is -0.370. The van der Waals surface area contributed by atoms with Crippen LogP contribution in [0.4, 0.5) is 5.69 Å². The predicted molar refractivity (Wildman–Crippen MR) is 81.7 cm³/mol. The molecule has 2 N–H and O–H groups in total. The highest BCUT2D eigenvalue weighted by atomic mass is 35.5. The van der Waals surface area contributed by atoms with Crippen LogP contribution in [0.2, 0.25) is 10.0 Å². The Bertz CT molecular complexity index is 663. The van der Waals surface area contributed by atoms with Crippen molar-refractivity contribution >= 4 is 40.7 Å². The predicted octanol–water partition coefficient (Wildman–Crippen LogP) is 2.76. The molecule has 2 amide bonds. The molecule has 0 radical (unpaired) electrons. The quantitative estimate of drug-likeness (QED) is 0.908. The number of hydrogen-bond donors (Lipinski definition) is 2. The van der Waals surface area contributed by atoms with Crippen LogP contribution in [0.1, 0.15) is 10.4 Å². The molecule has 0 saturated carbocycles. The summed E-state index contributed by atoms with van der Waals surface area (Å²) in [4.78, 5) is 27.3. The summed E-state index contributed by atoms with van der Waals surface area (Å²) < 4.78 is 0. The average Bonchev–Trinajstić information content (AvgIpc) is 2.49. The zero-order chi connectivity index (χ0) is 15.2. The van der Waals surface area contributed by atoms with Gasteiger partial charge >= 0.3 is 0 Å². The van der Waals surface area contributed by atoms with Crippen LogP contribution in [0.15, 0.2) is 42.7 Å². The number of amides is 2. The zero-order valence-electron chi connectivity index (χ0n) is 10.8. The summed E-state index contributed by atoms with van der Waals surface area (Å²) in [6, 6.07) is 7.98. The first-order valence-electron chi connectivity index (χ1n) is 5.99. The molecule has 1 heterocycles. The third kappa shape index (κ3) is 4.44. The lowest BCUT2D eigenvalue weighted by Gasteiger charge is -2.07. The SMILES string of the molecule is O=C(CNC(=O)c1cccnc1)Nc1ccc(Cl)c(Cl)c1. The molecule has 0 aliphatic heterocycles. The van der Waals surface area contributed by atoms with E-state index in [0.717, 1.165) is 0 Å². The second-order valence-corrected chi connectivity index (χ2v) is 4.92. The van der Waals surface area contributed by atoms with E-state index in [0.29, 0.717) is 21.3 Å². The van der Waals surface area contributed by atoms with Gasteiger partial charge in [-0.2, -0.15) is 0 Å². The first-order valence-corrected chi connectivity index (χ1v) is 6.75. The van der Waals surface area contributed by atoms with Crippen LogP contribution in [-0.4, -0.2) is 23.3 Å². The molecule has 0 aliphatic rings. The van der Waals surface area contributed by atoms with Gasteiger partial charge in [-0.1, -0.05) is 23.2 Å². The highest BCUT2D eigenvalue weighted by Gasteiger charge is 2.08. The smallest absolute Gasteiger partial charge is 0.253 e. The van der Waals surface area contributed by atoms with Crippen LogP contribution in [0.25, 0.3) is 0 Å². The lowest BCUT2D eigenvalue weighted by atomic mass is 10.2. The van der Waals surface area contributed by atoms with Crippen molar-refractivity contribution in [2.45, 2.75) is 0 Å². The topological polar surface area (TPSA) is 71.1 Å². The highest BCUT2D eigenvalue weighted by molar-refractivity contribution is 6.42. The van der Waals surface area contributed by atoms with E-state index in [4.69, 9.17) is 23.2 Å². The molecule has 1 aromatic carbocycles. The molecule has 0 aliphatic carbocycles. The van der Waals surface area contributed by atoms with Crippen molar-refractivity contribution in [1.29, 1.82) is 0 Å². The average molecular weight is 324 g/mol. The Morgan fingerprint density at radius 3 is 2.62 bits per heavy atom. The number of carbonyl (C=O) groups excluding carboxylic acids is 2. The van der Waals surface area contributed by atoms with Crippen LogP contribution >= 0.6 is 23.2 Å². The Morgan fingerprint density at radius 2 is 1.95 bits per heavy atom. The van der Waals surface area contributed by atoms with Gasteiger partial charge in [0.15, 0.2) is 0 Å². The third-order valence-electron chi connectivity index (χ3n) is 2.54. The molecule has 2 rings (SSSR count). The fraction of sp³-hybridized carbons (Fsp3) is 0.0714. The minimum Gasteiger partial charge on any atom is -0.343 e. The van der Waals surface area contributed by atoms with Crippen LogP contribution in [0, 0.1) is 0 Å². The van der Waals surface area contributed by atoms with E-state index in [1.54, 1.807) is 30.5 Å². The molecular formula is C14H11Cl2N3O2. The lowest BCUT2D eigenvalue weighted by molar-refractivity contribution is -0.115. The van der Waals surface area contributed by atoms with Crippen molar-refractivity contribution in [1.82, 2.24) is 10.3 Å². The molecule has 1 aromatic heterocycles. The molecule has 21 heavy (non-hydrogen) atoms. The number of benzene rings is 1. The van der Waals surface area contributed by atoms with Crippen molar-refractivity contribution in [2.24, 2.45) is 0 Å². The Morgan fingerprint density at radius 1 is 1.14 bits per heavy atom. The fourth-order valence-corrected chi connectivity index (χ4v) is 1.84. The number of anilines is 1. The Hall–Kier alpha value is -2.11. The maximum Gasteiger partial charge on any atom is 0.253 e.